The predicted molar refractivity (Wildman–Crippen MR) is 124 cm³/mol. The van der Waals surface area contributed by atoms with Crippen molar-refractivity contribution in [3.05, 3.63) is 105 Å². The number of aliphatic imine (C=N–C) groups is 1. The molecule has 0 unspecified atom stereocenters. The number of para-hydroxylation sites is 1. The van der Waals surface area contributed by atoms with E-state index in [0.29, 0.717) is 21.6 Å². The lowest BCUT2D eigenvalue weighted by Gasteiger charge is -2.15. The molecule has 0 bridgehead atoms. The Morgan fingerprint density at radius 3 is 2.37 bits per heavy atom. The number of halogens is 1. The molecule has 1 N–H and O–H groups in total. The first-order chi connectivity index (χ1) is 14.7. The number of amides is 1. The molecule has 0 aromatic heterocycles. The van der Waals surface area contributed by atoms with Gasteiger partial charge in [-0.05, 0) is 52.7 Å². The van der Waals surface area contributed by atoms with Crippen molar-refractivity contribution in [1.82, 2.24) is 0 Å². The zero-order valence-corrected chi connectivity index (χ0v) is 17.6. The maximum atomic E-state index is 13.2. The van der Waals surface area contributed by atoms with Crippen LogP contribution in [-0.2, 0) is 17.9 Å². The maximum absolute atomic E-state index is 13.2. The van der Waals surface area contributed by atoms with Crippen molar-refractivity contribution in [2.24, 2.45) is 4.99 Å². The van der Waals surface area contributed by atoms with E-state index < -0.39 is 0 Å². The minimum absolute atomic E-state index is 0.00876. The predicted octanol–water partition coefficient (Wildman–Crippen LogP) is 5.51. The van der Waals surface area contributed by atoms with Gasteiger partial charge in [-0.1, -0.05) is 72.3 Å². The Balaban J connectivity index is 1.68. The molecule has 1 fully saturated rings. The molecule has 1 saturated heterocycles. The molecule has 0 aliphatic carbocycles. The van der Waals surface area contributed by atoms with Crippen LogP contribution in [0.15, 0.2) is 88.8 Å². The lowest BCUT2D eigenvalue weighted by Crippen LogP contribution is -2.28. The molecule has 1 amide bonds. The smallest absolute Gasteiger partial charge is 0.271 e. The number of anilines is 1. The van der Waals surface area contributed by atoms with E-state index in [-0.39, 0.29) is 12.5 Å². The summed E-state index contributed by atoms with van der Waals surface area (Å²) < 4.78 is 0. The second-order valence-electron chi connectivity index (χ2n) is 6.68. The molecule has 150 valence electrons. The van der Waals surface area contributed by atoms with Crippen molar-refractivity contribution in [2.75, 3.05) is 4.90 Å². The SMILES string of the molecule is O=C1/C(=C/c2ccc(CO)cc2)S/C(=N\Cc2ccccc2Cl)N1c1ccccc1. The lowest BCUT2D eigenvalue weighted by molar-refractivity contribution is -0.113. The van der Waals surface area contributed by atoms with Gasteiger partial charge in [0.1, 0.15) is 0 Å². The number of aliphatic hydroxyl groups excluding tert-OH is 1. The molecule has 4 rings (SSSR count). The van der Waals surface area contributed by atoms with Gasteiger partial charge in [0, 0.05) is 5.02 Å². The normalized spacial score (nSPS) is 16.6. The number of amidine groups is 1. The van der Waals surface area contributed by atoms with E-state index in [1.165, 1.54) is 11.8 Å². The largest absolute Gasteiger partial charge is 0.392 e. The number of carbonyl (C=O) groups excluding carboxylic acids is 1. The van der Waals surface area contributed by atoms with Crippen LogP contribution in [0.3, 0.4) is 0 Å². The van der Waals surface area contributed by atoms with Crippen molar-refractivity contribution in [3.8, 4) is 0 Å². The number of nitrogens with zero attached hydrogens (tertiary/aromatic N) is 2. The summed E-state index contributed by atoms with van der Waals surface area (Å²) in [5.41, 5.74) is 3.40. The number of benzene rings is 3. The molecule has 1 heterocycles. The highest BCUT2D eigenvalue weighted by molar-refractivity contribution is 8.19. The molecule has 3 aromatic rings. The van der Waals surface area contributed by atoms with Gasteiger partial charge in [0.25, 0.3) is 5.91 Å². The minimum atomic E-state index is -0.115. The topological polar surface area (TPSA) is 52.9 Å². The monoisotopic (exact) mass is 434 g/mol. The van der Waals surface area contributed by atoms with E-state index in [1.54, 1.807) is 4.90 Å². The van der Waals surface area contributed by atoms with Crippen LogP contribution in [-0.4, -0.2) is 16.2 Å². The standard InChI is InChI=1S/C24H19ClN2O2S/c25-21-9-5-4-6-19(21)15-26-24-27(20-7-2-1-3-8-20)23(29)22(30-24)14-17-10-12-18(16-28)13-11-17/h1-14,28H,15-16H2/b22-14-,26-24-. The van der Waals surface area contributed by atoms with Crippen LogP contribution in [0.5, 0.6) is 0 Å². The van der Waals surface area contributed by atoms with Crippen LogP contribution >= 0.6 is 23.4 Å². The quantitative estimate of drug-likeness (QED) is 0.539. The van der Waals surface area contributed by atoms with Gasteiger partial charge < -0.3 is 5.11 Å². The number of rotatable bonds is 5. The second kappa shape index (κ2) is 9.30. The first-order valence-electron chi connectivity index (χ1n) is 9.42. The van der Waals surface area contributed by atoms with E-state index in [1.807, 2.05) is 84.9 Å². The third kappa shape index (κ3) is 4.49. The first-order valence-corrected chi connectivity index (χ1v) is 10.6. The Hall–Kier alpha value is -2.86. The molecule has 0 radical (unpaired) electrons. The minimum Gasteiger partial charge on any atom is -0.392 e. The van der Waals surface area contributed by atoms with Crippen LogP contribution in [0.4, 0.5) is 5.69 Å². The van der Waals surface area contributed by atoms with E-state index in [2.05, 4.69) is 0 Å². The Bertz CT molecular complexity index is 1110. The van der Waals surface area contributed by atoms with Gasteiger partial charge in [0.2, 0.25) is 0 Å². The number of hydrogen-bond donors (Lipinski definition) is 1. The molecule has 0 spiro atoms. The van der Waals surface area contributed by atoms with Gasteiger partial charge in [0.15, 0.2) is 5.17 Å². The fraction of sp³-hybridized carbons (Fsp3) is 0.0833. The zero-order chi connectivity index (χ0) is 20.9. The Labute approximate surface area is 184 Å². The van der Waals surface area contributed by atoms with Crippen molar-refractivity contribution in [1.29, 1.82) is 0 Å². The van der Waals surface area contributed by atoms with Gasteiger partial charge in [-0.2, -0.15) is 0 Å². The summed E-state index contributed by atoms with van der Waals surface area (Å²) in [6.07, 6.45) is 1.85. The molecule has 0 saturated carbocycles. The highest BCUT2D eigenvalue weighted by Gasteiger charge is 2.34. The summed E-state index contributed by atoms with van der Waals surface area (Å²) in [7, 11) is 0. The van der Waals surface area contributed by atoms with Gasteiger partial charge in [0.05, 0.1) is 23.7 Å². The third-order valence-electron chi connectivity index (χ3n) is 4.62. The van der Waals surface area contributed by atoms with E-state index >= 15 is 0 Å². The number of carbonyl (C=O) groups is 1. The summed E-state index contributed by atoms with van der Waals surface area (Å²) in [6.45, 7) is 0.377. The van der Waals surface area contributed by atoms with Crippen molar-refractivity contribution in [3.63, 3.8) is 0 Å². The fourth-order valence-electron chi connectivity index (χ4n) is 3.03. The summed E-state index contributed by atoms with van der Waals surface area (Å²) in [6, 6.07) is 24.5. The van der Waals surface area contributed by atoms with Crippen molar-refractivity contribution in [2.45, 2.75) is 13.2 Å². The molecule has 4 nitrogen and oxygen atoms in total. The number of aliphatic hydroxyl groups is 1. The highest BCUT2D eigenvalue weighted by atomic mass is 35.5. The van der Waals surface area contributed by atoms with E-state index in [0.717, 1.165) is 22.4 Å². The van der Waals surface area contributed by atoms with E-state index in [4.69, 9.17) is 16.6 Å². The van der Waals surface area contributed by atoms with Gasteiger partial charge >= 0.3 is 0 Å². The average molecular weight is 435 g/mol. The first kappa shape index (κ1) is 20.4. The third-order valence-corrected chi connectivity index (χ3v) is 6.00. The van der Waals surface area contributed by atoms with Crippen LogP contribution in [0.25, 0.3) is 6.08 Å². The molecule has 6 heteroatoms. The number of thioether (sulfide) groups is 1. The Morgan fingerprint density at radius 2 is 1.67 bits per heavy atom. The second-order valence-corrected chi connectivity index (χ2v) is 8.09. The molecule has 30 heavy (non-hydrogen) atoms. The molecule has 0 atom stereocenters. The summed E-state index contributed by atoms with van der Waals surface area (Å²) in [4.78, 5) is 20.1. The summed E-state index contributed by atoms with van der Waals surface area (Å²) in [5, 5.41) is 10.5. The Morgan fingerprint density at radius 1 is 0.967 bits per heavy atom. The highest BCUT2D eigenvalue weighted by Crippen LogP contribution is 2.36. The average Bonchev–Trinajstić information content (AvgIpc) is 3.09. The van der Waals surface area contributed by atoms with Crippen LogP contribution < -0.4 is 4.90 Å². The molecule has 3 aromatic carbocycles. The lowest BCUT2D eigenvalue weighted by atomic mass is 10.1. The van der Waals surface area contributed by atoms with Crippen LogP contribution in [0.2, 0.25) is 5.02 Å². The summed E-state index contributed by atoms with van der Waals surface area (Å²) in [5.74, 6) is -0.115. The molecular formula is C24H19ClN2O2S. The van der Waals surface area contributed by atoms with Gasteiger partial charge in [-0.15, -0.1) is 0 Å². The van der Waals surface area contributed by atoms with Gasteiger partial charge in [-0.25, -0.2) is 0 Å². The maximum Gasteiger partial charge on any atom is 0.271 e. The molecular weight excluding hydrogens is 416 g/mol. The summed E-state index contributed by atoms with van der Waals surface area (Å²) >= 11 is 7.61. The molecule has 1 aliphatic rings. The zero-order valence-electron chi connectivity index (χ0n) is 16.0. The van der Waals surface area contributed by atoms with E-state index in [9.17, 15) is 9.90 Å². The molecule has 1 aliphatic heterocycles. The Kier molecular flexibility index (Phi) is 6.33. The van der Waals surface area contributed by atoms with Crippen LogP contribution in [0.1, 0.15) is 16.7 Å². The number of hydrogen-bond acceptors (Lipinski definition) is 4. The van der Waals surface area contributed by atoms with Crippen LogP contribution in [0, 0.1) is 0 Å². The van der Waals surface area contributed by atoms with Crippen molar-refractivity contribution >= 4 is 46.2 Å². The van der Waals surface area contributed by atoms with Gasteiger partial charge in [-0.3, -0.25) is 14.7 Å². The fourth-order valence-corrected chi connectivity index (χ4v) is 4.21. The van der Waals surface area contributed by atoms with Crippen molar-refractivity contribution < 1.29 is 9.90 Å².